The molecule has 3 nitrogen and oxygen atoms in total. The third-order valence-corrected chi connectivity index (χ3v) is 5.04. The molecule has 0 aliphatic carbocycles. The van der Waals surface area contributed by atoms with Crippen molar-refractivity contribution in [1.29, 1.82) is 0 Å². The molecule has 0 radical (unpaired) electrons. The van der Waals surface area contributed by atoms with E-state index in [1.54, 1.807) is 29.2 Å². The first kappa shape index (κ1) is 17.4. The minimum atomic E-state index is -0.415. The summed E-state index contributed by atoms with van der Waals surface area (Å²) in [6, 6.07) is 24.2. The number of aryl methyl sites for hydroxylation is 1. The molecule has 0 fully saturated rings. The number of aliphatic hydroxyl groups excluding tert-OH is 1. The van der Waals surface area contributed by atoms with E-state index >= 15 is 0 Å². The van der Waals surface area contributed by atoms with Crippen molar-refractivity contribution in [3.63, 3.8) is 0 Å². The van der Waals surface area contributed by atoms with Crippen LogP contribution in [0.25, 0.3) is 5.57 Å². The summed E-state index contributed by atoms with van der Waals surface area (Å²) in [6.07, 6.45) is 0. The van der Waals surface area contributed by atoms with E-state index in [4.69, 9.17) is 11.6 Å². The molecule has 3 aromatic rings. The second-order valence-electron chi connectivity index (χ2n) is 6.59. The van der Waals surface area contributed by atoms with E-state index in [0.717, 1.165) is 16.7 Å². The number of hydrogen-bond donors (Lipinski definition) is 1. The molecular weight excluding hydrogens is 358 g/mol. The quantitative estimate of drug-likeness (QED) is 0.637. The monoisotopic (exact) mass is 375 g/mol. The summed E-state index contributed by atoms with van der Waals surface area (Å²) in [7, 11) is 0. The number of amides is 1. The highest BCUT2D eigenvalue weighted by molar-refractivity contribution is 6.30. The molecule has 27 heavy (non-hydrogen) atoms. The first-order valence-electron chi connectivity index (χ1n) is 8.70. The van der Waals surface area contributed by atoms with Crippen LogP contribution in [0.1, 0.15) is 22.7 Å². The third-order valence-electron chi connectivity index (χ3n) is 4.79. The van der Waals surface area contributed by atoms with Gasteiger partial charge in [-0.15, -0.1) is 0 Å². The molecule has 4 rings (SSSR count). The van der Waals surface area contributed by atoms with Crippen LogP contribution in [0.2, 0.25) is 5.02 Å². The molecule has 1 amide bonds. The molecular formula is C23H18ClNO2. The highest BCUT2D eigenvalue weighted by Crippen LogP contribution is 2.45. The van der Waals surface area contributed by atoms with Gasteiger partial charge in [-0.3, -0.25) is 9.69 Å². The average Bonchev–Trinajstić information content (AvgIpc) is 2.95. The van der Waals surface area contributed by atoms with Crippen LogP contribution in [0, 0.1) is 6.92 Å². The lowest BCUT2D eigenvalue weighted by Crippen LogP contribution is -2.30. The van der Waals surface area contributed by atoms with Crippen molar-refractivity contribution >= 4 is 28.8 Å². The van der Waals surface area contributed by atoms with Gasteiger partial charge in [0.25, 0.3) is 5.91 Å². The van der Waals surface area contributed by atoms with Gasteiger partial charge in [0.2, 0.25) is 0 Å². The summed E-state index contributed by atoms with van der Waals surface area (Å²) in [4.78, 5) is 14.6. The SMILES string of the molecule is Cc1ccc(C2=C(O)C(=O)N(c3ccc(Cl)cc3)[C@@H]2c2ccccc2)cc1. The number of benzene rings is 3. The third kappa shape index (κ3) is 3.11. The van der Waals surface area contributed by atoms with Gasteiger partial charge in [0.15, 0.2) is 5.76 Å². The van der Waals surface area contributed by atoms with Gasteiger partial charge in [0.1, 0.15) is 0 Å². The summed E-state index contributed by atoms with van der Waals surface area (Å²) in [5.41, 5.74) is 4.18. The number of carbonyl (C=O) groups is 1. The summed E-state index contributed by atoms with van der Waals surface area (Å²) >= 11 is 6.01. The Balaban J connectivity index is 1.89. The number of halogens is 1. The van der Waals surface area contributed by atoms with Crippen molar-refractivity contribution in [2.45, 2.75) is 13.0 Å². The van der Waals surface area contributed by atoms with Crippen LogP contribution in [0.5, 0.6) is 0 Å². The fraction of sp³-hybridized carbons (Fsp3) is 0.0870. The summed E-state index contributed by atoms with van der Waals surface area (Å²) in [6.45, 7) is 2.01. The number of hydrogen-bond acceptors (Lipinski definition) is 2. The number of anilines is 1. The van der Waals surface area contributed by atoms with E-state index in [1.165, 1.54) is 0 Å². The summed E-state index contributed by atoms with van der Waals surface area (Å²) in [5.74, 6) is -0.635. The molecule has 3 aromatic carbocycles. The van der Waals surface area contributed by atoms with E-state index < -0.39 is 11.9 Å². The fourth-order valence-corrected chi connectivity index (χ4v) is 3.58. The molecule has 1 atom stereocenters. The molecule has 0 saturated carbocycles. The molecule has 1 heterocycles. The Bertz CT molecular complexity index is 1010. The first-order chi connectivity index (χ1) is 13.1. The lowest BCUT2D eigenvalue weighted by molar-refractivity contribution is -0.117. The van der Waals surface area contributed by atoms with Gasteiger partial charge in [0.05, 0.1) is 6.04 Å². The van der Waals surface area contributed by atoms with Crippen LogP contribution in [-0.2, 0) is 4.79 Å². The molecule has 4 heteroatoms. The molecule has 0 spiro atoms. The lowest BCUT2D eigenvalue weighted by atomic mass is 9.93. The van der Waals surface area contributed by atoms with E-state index in [2.05, 4.69) is 0 Å². The zero-order chi connectivity index (χ0) is 19.0. The van der Waals surface area contributed by atoms with Crippen LogP contribution < -0.4 is 4.90 Å². The van der Waals surface area contributed by atoms with Crippen molar-refractivity contribution < 1.29 is 9.90 Å². The molecule has 134 valence electrons. The smallest absolute Gasteiger partial charge is 0.294 e. The van der Waals surface area contributed by atoms with Crippen molar-refractivity contribution in [3.05, 3.63) is 106 Å². The molecule has 0 saturated heterocycles. The van der Waals surface area contributed by atoms with Gasteiger partial charge in [-0.1, -0.05) is 71.8 Å². The number of nitrogens with zero attached hydrogens (tertiary/aromatic N) is 1. The van der Waals surface area contributed by atoms with E-state index in [9.17, 15) is 9.90 Å². The zero-order valence-electron chi connectivity index (χ0n) is 14.8. The molecule has 0 bridgehead atoms. The van der Waals surface area contributed by atoms with Crippen LogP contribution >= 0.6 is 11.6 Å². The Morgan fingerprint density at radius 1 is 0.889 bits per heavy atom. The molecule has 1 aliphatic rings. The van der Waals surface area contributed by atoms with Crippen molar-refractivity contribution in [3.8, 4) is 0 Å². The first-order valence-corrected chi connectivity index (χ1v) is 9.08. The highest BCUT2D eigenvalue weighted by atomic mass is 35.5. The number of carbonyl (C=O) groups excluding carboxylic acids is 1. The maximum absolute atomic E-state index is 13.0. The molecule has 1 N–H and O–H groups in total. The maximum Gasteiger partial charge on any atom is 0.294 e. The van der Waals surface area contributed by atoms with Crippen molar-refractivity contribution in [2.75, 3.05) is 4.90 Å². The van der Waals surface area contributed by atoms with E-state index in [-0.39, 0.29) is 5.76 Å². The minimum absolute atomic E-state index is 0.220. The van der Waals surface area contributed by atoms with Gasteiger partial charge in [0, 0.05) is 16.3 Å². The van der Waals surface area contributed by atoms with Gasteiger partial charge < -0.3 is 5.11 Å². The minimum Gasteiger partial charge on any atom is -0.503 e. The topological polar surface area (TPSA) is 40.5 Å². The van der Waals surface area contributed by atoms with E-state index in [0.29, 0.717) is 16.3 Å². The molecule has 0 aromatic heterocycles. The molecule has 1 aliphatic heterocycles. The number of rotatable bonds is 3. The standard InChI is InChI=1S/C23H18ClNO2/c1-15-7-9-16(10-8-15)20-21(17-5-3-2-4-6-17)25(23(27)22(20)26)19-13-11-18(24)12-14-19/h2-14,21,26H,1H3/t21-/m1/s1. The Morgan fingerprint density at radius 3 is 2.15 bits per heavy atom. The maximum atomic E-state index is 13.0. The summed E-state index contributed by atoms with van der Waals surface area (Å²) < 4.78 is 0. The van der Waals surface area contributed by atoms with Gasteiger partial charge in [-0.05, 0) is 42.3 Å². The van der Waals surface area contributed by atoms with Crippen molar-refractivity contribution in [1.82, 2.24) is 0 Å². The molecule has 0 unspecified atom stereocenters. The predicted octanol–water partition coefficient (Wildman–Crippen LogP) is 5.71. The predicted molar refractivity (Wildman–Crippen MR) is 109 cm³/mol. The van der Waals surface area contributed by atoms with E-state index in [1.807, 2.05) is 61.5 Å². The fourth-order valence-electron chi connectivity index (χ4n) is 3.45. The van der Waals surface area contributed by atoms with Crippen LogP contribution in [0.4, 0.5) is 5.69 Å². The van der Waals surface area contributed by atoms with Crippen LogP contribution in [-0.4, -0.2) is 11.0 Å². The lowest BCUT2D eigenvalue weighted by Gasteiger charge is -2.27. The van der Waals surface area contributed by atoms with Crippen LogP contribution in [0.15, 0.2) is 84.6 Å². The summed E-state index contributed by atoms with van der Waals surface area (Å²) in [5, 5.41) is 11.4. The Hall–Kier alpha value is -3.04. The Morgan fingerprint density at radius 2 is 1.52 bits per heavy atom. The second kappa shape index (κ2) is 6.93. The number of aliphatic hydroxyl groups is 1. The van der Waals surface area contributed by atoms with Gasteiger partial charge >= 0.3 is 0 Å². The Labute approximate surface area is 163 Å². The van der Waals surface area contributed by atoms with Crippen LogP contribution in [0.3, 0.4) is 0 Å². The zero-order valence-corrected chi connectivity index (χ0v) is 15.5. The Kier molecular flexibility index (Phi) is 4.46. The second-order valence-corrected chi connectivity index (χ2v) is 7.03. The van der Waals surface area contributed by atoms with Gasteiger partial charge in [-0.2, -0.15) is 0 Å². The average molecular weight is 376 g/mol. The van der Waals surface area contributed by atoms with Crippen molar-refractivity contribution in [2.24, 2.45) is 0 Å². The largest absolute Gasteiger partial charge is 0.503 e. The van der Waals surface area contributed by atoms with Gasteiger partial charge in [-0.25, -0.2) is 0 Å². The normalized spacial score (nSPS) is 16.9. The highest BCUT2D eigenvalue weighted by Gasteiger charge is 2.41.